The maximum Gasteiger partial charge on any atom is 0.139 e. The first kappa shape index (κ1) is 12.8. The molecule has 0 aliphatic heterocycles. The SMILES string of the molecule is CCn1nc(CC(=O)CCCO)c2ccccc21. The van der Waals surface area contributed by atoms with Crippen LogP contribution in [0.25, 0.3) is 10.9 Å². The highest BCUT2D eigenvalue weighted by Crippen LogP contribution is 2.19. The minimum atomic E-state index is 0.0654. The fourth-order valence-corrected chi connectivity index (χ4v) is 2.12. The third-order valence-electron chi connectivity index (χ3n) is 3.01. The average Bonchev–Trinajstić information content (AvgIpc) is 2.75. The van der Waals surface area contributed by atoms with E-state index in [9.17, 15) is 4.79 Å². The van der Waals surface area contributed by atoms with Crippen molar-refractivity contribution >= 4 is 16.7 Å². The van der Waals surface area contributed by atoms with E-state index in [-0.39, 0.29) is 12.4 Å². The molecule has 0 unspecified atom stereocenters. The second kappa shape index (κ2) is 5.78. The number of Topliss-reactive ketones (excluding diaryl/α,β-unsaturated/α-hetero) is 1. The normalized spacial score (nSPS) is 11.0. The molecule has 96 valence electrons. The molecule has 0 aliphatic rings. The number of ketones is 1. The molecule has 2 rings (SSSR count). The Hall–Kier alpha value is -1.68. The predicted molar refractivity (Wildman–Crippen MR) is 70.4 cm³/mol. The third-order valence-corrected chi connectivity index (χ3v) is 3.01. The monoisotopic (exact) mass is 246 g/mol. The zero-order chi connectivity index (χ0) is 13.0. The highest BCUT2D eigenvalue weighted by molar-refractivity contribution is 5.88. The fourth-order valence-electron chi connectivity index (χ4n) is 2.12. The molecule has 4 nitrogen and oxygen atoms in total. The Kier molecular flexibility index (Phi) is 4.10. The Morgan fingerprint density at radius 1 is 1.39 bits per heavy atom. The van der Waals surface area contributed by atoms with Crippen molar-refractivity contribution in [3.8, 4) is 0 Å². The average molecular weight is 246 g/mol. The van der Waals surface area contributed by atoms with Gasteiger partial charge in [-0.15, -0.1) is 0 Å². The summed E-state index contributed by atoms with van der Waals surface area (Å²) in [7, 11) is 0. The molecule has 0 saturated heterocycles. The Morgan fingerprint density at radius 2 is 2.17 bits per heavy atom. The van der Waals surface area contributed by atoms with Crippen LogP contribution in [0.2, 0.25) is 0 Å². The van der Waals surface area contributed by atoms with Crippen LogP contribution in [0.15, 0.2) is 24.3 Å². The van der Waals surface area contributed by atoms with Gasteiger partial charge < -0.3 is 5.11 Å². The van der Waals surface area contributed by atoms with Gasteiger partial charge in [0, 0.05) is 25.0 Å². The van der Waals surface area contributed by atoms with Crippen molar-refractivity contribution in [2.45, 2.75) is 32.7 Å². The fraction of sp³-hybridized carbons (Fsp3) is 0.429. The molecule has 2 aromatic rings. The van der Waals surface area contributed by atoms with Crippen LogP contribution in [0.3, 0.4) is 0 Å². The number of fused-ring (bicyclic) bond motifs is 1. The number of hydrogen-bond donors (Lipinski definition) is 1. The van der Waals surface area contributed by atoms with Gasteiger partial charge in [-0.05, 0) is 19.4 Å². The summed E-state index contributed by atoms with van der Waals surface area (Å²) in [5, 5.41) is 14.3. The second-order valence-corrected chi connectivity index (χ2v) is 4.32. The summed E-state index contributed by atoms with van der Waals surface area (Å²) in [6, 6.07) is 7.97. The summed E-state index contributed by atoms with van der Waals surface area (Å²) in [4.78, 5) is 11.8. The number of nitrogens with zero attached hydrogens (tertiary/aromatic N) is 2. The van der Waals surface area contributed by atoms with Gasteiger partial charge in [0.1, 0.15) is 5.78 Å². The van der Waals surface area contributed by atoms with Crippen LogP contribution in [0.1, 0.15) is 25.5 Å². The number of rotatable bonds is 6. The maximum absolute atomic E-state index is 11.8. The number of aryl methyl sites for hydroxylation is 1. The van der Waals surface area contributed by atoms with Gasteiger partial charge in [0.15, 0.2) is 0 Å². The molecule has 18 heavy (non-hydrogen) atoms. The summed E-state index contributed by atoms with van der Waals surface area (Å²) < 4.78 is 1.92. The number of aliphatic hydroxyl groups is 1. The van der Waals surface area contributed by atoms with E-state index >= 15 is 0 Å². The second-order valence-electron chi connectivity index (χ2n) is 4.32. The molecule has 4 heteroatoms. The van der Waals surface area contributed by atoms with Crippen molar-refractivity contribution in [2.75, 3.05) is 6.61 Å². The van der Waals surface area contributed by atoms with Crippen molar-refractivity contribution in [1.82, 2.24) is 9.78 Å². The highest BCUT2D eigenvalue weighted by atomic mass is 16.3. The number of hydrogen-bond acceptors (Lipinski definition) is 3. The van der Waals surface area contributed by atoms with Gasteiger partial charge in [-0.1, -0.05) is 18.2 Å². The van der Waals surface area contributed by atoms with Gasteiger partial charge in [0.2, 0.25) is 0 Å². The molecule has 0 bridgehead atoms. The Bertz CT molecular complexity index is 546. The Morgan fingerprint density at radius 3 is 2.89 bits per heavy atom. The van der Waals surface area contributed by atoms with Gasteiger partial charge in [-0.3, -0.25) is 9.48 Å². The maximum atomic E-state index is 11.8. The largest absolute Gasteiger partial charge is 0.396 e. The van der Waals surface area contributed by atoms with Crippen LogP contribution in [0.4, 0.5) is 0 Å². The van der Waals surface area contributed by atoms with Crippen LogP contribution in [-0.4, -0.2) is 27.3 Å². The van der Waals surface area contributed by atoms with Crippen molar-refractivity contribution < 1.29 is 9.90 Å². The summed E-state index contributed by atoms with van der Waals surface area (Å²) >= 11 is 0. The molecule has 1 N–H and O–H groups in total. The number of aliphatic hydroxyl groups excluding tert-OH is 1. The van der Waals surface area contributed by atoms with Crippen LogP contribution < -0.4 is 0 Å². The number of para-hydroxylation sites is 1. The van der Waals surface area contributed by atoms with E-state index in [1.807, 2.05) is 35.9 Å². The van der Waals surface area contributed by atoms with E-state index in [2.05, 4.69) is 5.10 Å². The van der Waals surface area contributed by atoms with Gasteiger partial charge in [0.25, 0.3) is 0 Å². The summed E-state index contributed by atoms with van der Waals surface area (Å²) in [5.41, 5.74) is 1.92. The van der Waals surface area contributed by atoms with Gasteiger partial charge >= 0.3 is 0 Å². The molecule has 0 saturated carbocycles. The molecule has 0 aliphatic carbocycles. The van der Waals surface area contributed by atoms with Gasteiger partial charge in [-0.2, -0.15) is 5.10 Å². The molecular formula is C14H18N2O2. The predicted octanol–water partition coefficient (Wildman–Crippen LogP) is 1.94. The molecule has 1 aromatic heterocycles. The molecule has 0 atom stereocenters. The first-order valence-electron chi connectivity index (χ1n) is 6.33. The topological polar surface area (TPSA) is 55.1 Å². The highest BCUT2D eigenvalue weighted by Gasteiger charge is 2.12. The van der Waals surface area contributed by atoms with Gasteiger partial charge in [-0.25, -0.2) is 0 Å². The van der Waals surface area contributed by atoms with Crippen LogP contribution in [0.5, 0.6) is 0 Å². The molecule has 0 fully saturated rings. The van der Waals surface area contributed by atoms with Crippen molar-refractivity contribution in [2.24, 2.45) is 0 Å². The van der Waals surface area contributed by atoms with Crippen LogP contribution in [-0.2, 0) is 17.8 Å². The molecular weight excluding hydrogens is 228 g/mol. The lowest BCUT2D eigenvalue weighted by Gasteiger charge is -1.97. The summed E-state index contributed by atoms with van der Waals surface area (Å²) in [5.74, 6) is 0.135. The van der Waals surface area contributed by atoms with Crippen molar-refractivity contribution in [1.29, 1.82) is 0 Å². The number of carbonyl (C=O) groups is 1. The third kappa shape index (κ3) is 2.59. The molecule has 0 radical (unpaired) electrons. The Balaban J connectivity index is 2.25. The van der Waals surface area contributed by atoms with Gasteiger partial charge in [0.05, 0.1) is 17.6 Å². The number of benzene rings is 1. The molecule has 1 aromatic carbocycles. The van der Waals surface area contributed by atoms with E-state index in [1.165, 1.54) is 0 Å². The van der Waals surface area contributed by atoms with E-state index < -0.39 is 0 Å². The lowest BCUT2D eigenvalue weighted by molar-refractivity contribution is -0.118. The first-order chi connectivity index (χ1) is 8.76. The molecule has 0 spiro atoms. The summed E-state index contributed by atoms with van der Waals surface area (Å²) in [6.45, 7) is 2.90. The van der Waals surface area contributed by atoms with Crippen LogP contribution >= 0.6 is 0 Å². The van der Waals surface area contributed by atoms with E-state index in [1.54, 1.807) is 0 Å². The number of carbonyl (C=O) groups excluding carboxylic acids is 1. The van der Waals surface area contributed by atoms with Crippen molar-refractivity contribution in [3.05, 3.63) is 30.0 Å². The lowest BCUT2D eigenvalue weighted by Crippen LogP contribution is -2.05. The smallest absolute Gasteiger partial charge is 0.139 e. The first-order valence-corrected chi connectivity index (χ1v) is 6.33. The molecule has 1 heterocycles. The van der Waals surface area contributed by atoms with Crippen molar-refractivity contribution in [3.63, 3.8) is 0 Å². The minimum Gasteiger partial charge on any atom is -0.396 e. The number of aromatic nitrogens is 2. The Labute approximate surface area is 106 Å². The quantitative estimate of drug-likeness (QED) is 0.847. The molecule has 0 amide bonds. The standard InChI is InChI=1S/C14H18N2O2/c1-2-16-14-8-4-3-7-12(14)13(15-16)10-11(18)6-5-9-17/h3-4,7-8,17H,2,5-6,9-10H2,1H3. The summed E-state index contributed by atoms with van der Waals surface area (Å²) in [6.07, 6.45) is 1.31. The van der Waals surface area contributed by atoms with E-state index in [4.69, 9.17) is 5.11 Å². The van der Waals surface area contributed by atoms with E-state index in [0.717, 1.165) is 23.1 Å². The van der Waals surface area contributed by atoms with E-state index in [0.29, 0.717) is 19.3 Å². The zero-order valence-electron chi connectivity index (χ0n) is 10.6. The lowest BCUT2D eigenvalue weighted by atomic mass is 10.1. The zero-order valence-corrected chi connectivity index (χ0v) is 10.6. The van der Waals surface area contributed by atoms with Crippen LogP contribution in [0, 0.1) is 0 Å². The minimum absolute atomic E-state index is 0.0654.